The molecule has 4 rings (SSSR count). The average Bonchev–Trinajstić information content (AvgIpc) is 3.20. The molecule has 4 nitrogen and oxygen atoms in total. The summed E-state index contributed by atoms with van der Waals surface area (Å²) in [5.74, 6) is -0.182. The molecule has 1 amide bonds. The number of halogens is 2. The first-order chi connectivity index (χ1) is 14.8. The molecule has 0 bridgehead atoms. The molecule has 1 aliphatic heterocycles. The van der Waals surface area contributed by atoms with Gasteiger partial charge in [0.05, 0.1) is 20.6 Å². The molecule has 7 heteroatoms. The van der Waals surface area contributed by atoms with Crippen molar-refractivity contribution in [3.05, 3.63) is 85.5 Å². The normalized spacial score (nSPS) is 16.4. The monoisotopic (exact) mass is 469 g/mol. The van der Waals surface area contributed by atoms with Crippen LogP contribution in [0.3, 0.4) is 0 Å². The lowest BCUT2D eigenvalue weighted by molar-refractivity contribution is -0.115. The second-order valence-electron chi connectivity index (χ2n) is 7.44. The minimum atomic E-state index is -0.182. The molecule has 1 N–H and O–H groups in total. The van der Waals surface area contributed by atoms with Crippen molar-refractivity contribution in [1.82, 2.24) is 9.88 Å². The highest BCUT2D eigenvalue weighted by Crippen LogP contribution is 2.35. The van der Waals surface area contributed by atoms with Crippen LogP contribution in [0.2, 0.25) is 10.0 Å². The molecule has 1 fully saturated rings. The number of hydrogen-bond donors (Lipinski definition) is 1. The van der Waals surface area contributed by atoms with Gasteiger partial charge in [-0.25, -0.2) is 4.99 Å². The lowest BCUT2D eigenvalue weighted by Gasteiger charge is -2.14. The van der Waals surface area contributed by atoms with Gasteiger partial charge in [0.1, 0.15) is 0 Å². The lowest BCUT2D eigenvalue weighted by atomic mass is 10.1. The Morgan fingerprint density at radius 3 is 2.58 bits per heavy atom. The zero-order valence-electron chi connectivity index (χ0n) is 17.6. The van der Waals surface area contributed by atoms with Crippen molar-refractivity contribution in [1.29, 1.82) is 0 Å². The SMILES string of the molecule is Cc1cccc(-n2c(C)cc(/C=C3\SC(=Nc4cccc(Cl)c4Cl)NC3=O)c2C)c1C. The van der Waals surface area contributed by atoms with Gasteiger partial charge in [0, 0.05) is 17.1 Å². The van der Waals surface area contributed by atoms with E-state index in [-0.39, 0.29) is 5.91 Å². The van der Waals surface area contributed by atoms with E-state index in [2.05, 4.69) is 66.8 Å². The summed E-state index contributed by atoms with van der Waals surface area (Å²) >= 11 is 13.6. The van der Waals surface area contributed by atoms with Crippen LogP contribution < -0.4 is 5.32 Å². The molecule has 0 atom stereocenters. The maximum Gasteiger partial charge on any atom is 0.264 e. The quantitative estimate of drug-likeness (QED) is 0.423. The Morgan fingerprint density at radius 2 is 1.81 bits per heavy atom. The number of aryl methyl sites for hydroxylation is 2. The van der Waals surface area contributed by atoms with E-state index in [4.69, 9.17) is 23.2 Å². The number of nitrogens with zero attached hydrogens (tertiary/aromatic N) is 2. The molecular formula is C24H21Cl2N3OS. The number of carbonyl (C=O) groups is 1. The van der Waals surface area contributed by atoms with Crippen LogP contribution in [-0.4, -0.2) is 15.6 Å². The fraction of sp³-hybridized carbons (Fsp3) is 0.167. The van der Waals surface area contributed by atoms with Crippen molar-refractivity contribution >= 4 is 57.8 Å². The van der Waals surface area contributed by atoms with Gasteiger partial charge < -0.3 is 9.88 Å². The van der Waals surface area contributed by atoms with E-state index < -0.39 is 0 Å². The highest BCUT2D eigenvalue weighted by atomic mass is 35.5. The van der Waals surface area contributed by atoms with Gasteiger partial charge in [-0.1, -0.05) is 41.4 Å². The molecule has 0 saturated carbocycles. The Kier molecular flexibility index (Phi) is 6.02. The predicted octanol–water partition coefficient (Wildman–Crippen LogP) is 6.91. The first-order valence-electron chi connectivity index (χ1n) is 9.75. The number of rotatable bonds is 3. The van der Waals surface area contributed by atoms with Crippen LogP contribution >= 0.6 is 35.0 Å². The molecule has 0 unspecified atom stereocenters. The fourth-order valence-corrected chi connectivity index (χ4v) is 4.76. The molecule has 158 valence electrons. The molecular weight excluding hydrogens is 449 g/mol. The van der Waals surface area contributed by atoms with E-state index in [1.165, 1.54) is 22.9 Å². The maximum absolute atomic E-state index is 12.6. The van der Waals surface area contributed by atoms with Crippen molar-refractivity contribution in [2.24, 2.45) is 4.99 Å². The number of carbonyl (C=O) groups excluding carboxylic acids is 1. The molecule has 31 heavy (non-hydrogen) atoms. The molecule has 1 aromatic heterocycles. The largest absolute Gasteiger partial charge is 0.318 e. The fourth-order valence-electron chi connectivity index (χ4n) is 3.59. The summed E-state index contributed by atoms with van der Waals surface area (Å²) < 4.78 is 2.23. The first kappa shape index (κ1) is 21.8. The minimum absolute atomic E-state index is 0.182. The van der Waals surface area contributed by atoms with Crippen LogP contribution in [0.25, 0.3) is 11.8 Å². The van der Waals surface area contributed by atoms with E-state index in [0.717, 1.165) is 22.6 Å². The third-order valence-corrected chi connectivity index (χ3v) is 7.10. The summed E-state index contributed by atoms with van der Waals surface area (Å²) in [6.07, 6.45) is 1.91. The molecule has 0 spiro atoms. The predicted molar refractivity (Wildman–Crippen MR) is 132 cm³/mol. The third kappa shape index (κ3) is 4.18. The molecule has 1 aliphatic rings. The molecule has 2 heterocycles. The molecule has 3 aromatic rings. The zero-order valence-corrected chi connectivity index (χ0v) is 19.9. The Bertz CT molecular complexity index is 1270. The van der Waals surface area contributed by atoms with E-state index in [1.807, 2.05) is 6.08 Å². The maximum atomic E-state index is 12.6. The van der Waals surface area contributed by atoms with Crippen molar-refractivity contribution in [2.75, 3.05) is 0 Å². The van der Waals surface area contributed by atoms with Crippen LogP contribution in [0.4, 0.5) is 5.69 Å². The molecule has 1 saturated heterocycles. The van der Waals surface area contributed by atoms with Gasteiger partial charge in [0.2, 0.25) is 0 Å². The van der Waals surface area contributed by atoms with Gasteiger partial charge in [0.15, 0.2) is 5.17 Å². The highest BCUT2D eigenvalue weighted by Gasteiger charge is 2.25. The second-order valence-corrected chi connectivity index (χ2v) is 9.25. The number of amidine groups is 1. The minimum Gasteiger partial charge on any atom is -0.318 e. The lowest BCUT2D eigenvalue weighted by Crippen LogP contribution is -2.19. The van der Waals surface area contributed by atoms with Gasteiger partial charge in [-0.2, -0.15) is 0 Å². The number of nitrogens with one attached hydrogen (secondary N) is 1. The molecule has 0 radical (unpaired) electrons. The van der Waals surface area contributed by atoms with Gasteiger partial charge in [0.25, 0.3) is 5.91 Å². The van der Waals surface area contributed by atoms with Gasteiger partial charge in [-0.15, -0.1) is 0 Å². The standard InChI is InChI=1S/C24H21Cl2N3OS/c1-13-7-5-10-20(15(13)3)29-14(2)11-17(16(29)4)12-21-23(30)28-24(31-21)27-19-9-6-8-18(25)22(19)26/h5-12H,1-4H3,(H,27,28,30)/b21-12-. The Balaban J connectivity index is 1.68. The number of thioether (sulfide) groups is 1. The van der Waals surface area contributed by atoms with Gasteiger partial charge in [-0.05, 0) is 86.5 Å². The number of benzene rings is 2. The number of aromatic nitrogens is 1. The van der Waals surface area contributed by atoms with Crippen molar-refractivity contribution in [3.8, 4) is 5.69 Å². The van der Waals surface area contributed by atoms with E-state index in [1.54, 1.807) is 18.2 Å². The molecule has 2 aromatic carbocycles. The summed E-state index contributed by atoms with van der Waals surface area (Å²) in [5.41, 5.74) is 7.35. The van der Waals surface area contributed by atoms with Crippen LogP contribution in [0.15, 0.2) is 52.4 Å². The number of aliphatic imine (C=N–C) groups is 1. The smallest absolute Gasteiger partial charge is 0.264 e. The number of amides is 1. The van der Waals surface area contributed by atoms with Crippen molar-refractivity contribution in [3.63, 3.8) is 0 Å². The molecule has 0 aliphatic carbocycles. The summed E-state index contributed by atoms with van der Waals surface area (Å²) in [5, 5.41) is 4.07. The second kappa shape index (κ2) is 8.58. The Morgan fingerprint density at radius 1 is 1.06 bits per heavy atom. The highest BCUT2D eigenvalue weighted by molar-refractivity contribution is 8.18. The van der Waals surface area contributed by atoms with Crippen molar-refractivity contribution < 1.29 is 4.79 Å². The first-order valence-corrected chi connectivity index (χ1v) is 11.3. The van der Waals surface area contributed by atoms with Gasteiger partial charge in [-0.3, -0.25) is 4.79 Å². The van der Waals surface area contributed by atoms with Crippen LogP contribution in [0.1, 0.15) is 28.1 Å². The van der Waals surface area contributed by atoms with Crippen LogP contribution in [0, 0.1) is 27.7 Å². The van der Waals surface area contributed by atoms with E-state index in [0.29, 0.717) is 25.8 Å². The van der Waals surface area contributed by atoms with E-state index >= 15 is 0 Å². The summed E-state index contributed by atoms with van der Waals surface area (Å²) in [6.45, 7) is 8.39. The van der Waals surface area contributed by atoms with Gasteiger partial charge >= 0.3 is 0 Å². The van der Waals surface area contributed by atoms with Crippen LogP contribution in [-0.2, 0) is 4.79 Å². The van der Waals surface area contributed by atoms with Crippen LogP contribution in [0.5, 0.6) is 0 Å². The summed E-state index contributed by atoms with van der Waals surface area (Å²) in [4.78, 5) is 17.6. The topological polar surface area (TPSA) is 46.4 Å². The van der Waals surface area contributed by atoms with E-state index in [9.17, 15) is 4.79 Å². The zero-order chi connectivity index (χ0) is 22.3. The summed E-state index contributed by atoms with van der Waals surface area (Å²) in [6, 6.07) is 13.6. The number of hydrogen-bond acceptors (Lipinski definition) is 3. The Hall–Kier alpha value is -2.47. The Labute approximate surface area is 196 Å². The third-order valence-electron chi connectivity index (χ3n) is 5.38. The average molecular weight is 470 g/mol. The summed E-state index contributed by atoms with van der Waals surface area (Å²) in [7, 11) is 0. The van der Waals surface area contributed by atoms with Crippen molar-refractivity contribution in [2.45, 2.75) is 27.7 Å².